The minimum absolute atomic E-state index is 0.867. The Labute approximate surface area is 341 Å². The van der Waals surface area contributed by atoms with E-state index in [2.05, 4.69) is 211 Å². The molecule has 0 fully saturated rings. The van der Waals surface area contributed by atoms with Crippen molar-refractivity contribution in [2.45, 2.75) is 0 Å². The van der Waals surface area contributed by atoms with Crippen molar-refractivity contribution in [3.63, 3.8) is 0 Å². The summed E-state index contributed by atoms with van der Waals surface area (Å²) in [6.45, 7) is 0. The van der Waals surface area contributed by atoms with Crippen LogP contribution in [0.2, 0.25) is 0 Å². The number of aromatic nitrogens is 3. The van der Waals surface area contributed by atoms with E-state index < -0.39 is 0 Å². The second-order valence-electron chi connectivity index (χ2n) is 15.4. The summed E-state index contributed by atoms with van der Waals surface area (Å²) in [5, 5.41) is 9.58. The molecule has 274 valence electrons. The van der Waals surface area contributed by atoms with Crippen LogP contribution in [0.15, 0.2) is 212 Å². The van der Waals surface area contributed by atoms with Gasteiger partial charge < -0.3 is 4.57 Å². The van der Waals surface area contributed by atoms with E-state index in [1.54, 1.807) is 0 Å². The van der Waals surface area contributed by atoms with Crippen molar-refractivity contribution >= 4 is 65.2 Å². The van der Waals surface area contributed by atoms with Gasteiger partial charge in [-0.1, -0.05) is 152 Å². The maximum absolute atomic E-state index is 5.25. The average molecular weight is 750 g/mol. The standard InChI is InChI=1S/C56H35N3/c1-2-16-45(17-3-1)59-53-23-9-8-20-48(53)51-34-43(28-29-54(51)59)37-13-10-12-36(30-37)39-24-26-42-32-40(25-27-41(42)31-39)38-14-11-15-44(33-38)52-35-57-55-49-21-6-4-18-46(49)47-19-5-7-22-50(47)56(55)58-52/h1-35H. The van der Waals surface area contributed by atoms with Crippen molar-refractivity contribution in [3.8, 4) is 50.3 Å². The van der Waals surface area contributed by atoms with Gasteiger partial charge in [0, 0.05) is 32.8 Å². The van der Waals surface area contributed by atoms with E-state index in [1.165, 1.54) is 76.9 Å². The Hall–Kier alpha value is -7.88. The van der Waals surface area contributed by atoms with Gasteiger partial charge in [0.05, 0.1) is 34.0 Å². The van der Waals surface area contributed by atoms with Crippen LogP contribution < -0.4 is 0 Å². The van der Waals surface area contributed by atoms with Crippen molar-refractivity contribution in [1.82, 2.24) is 14.5 Å². The molecule has 3 heteroatoms. The third-order valence-corrected chi connectivity index (χ3v) is 12.0. The van der Waals surface area contributed by atoms with Crippen LogP contribution in [-0.4, -0.2) is 14.5 Å². The van der Waals surface area contributed by atoms with Crippen molar-refractivity contribution in [3.05, 3.63) is 212 Å². The molecule has 2 aromatic heterocycles. The zero-order chi connectivity index (χ0) is 38.9. The van der Waals surface area contributed by atoms with E-state index in [0.29, 0.717) is 0 Å². The van der Waals surface area contributed by atoms with Gasteiger partial charge in [-0.3, -0.25) is 4.98 Å². The number of para-hydroxylation sites is 2. The molecule has 59 heavy (non-hydrogen) atoms. The molecular weight excluding hydrogens is 715 g/mol. The van der Waals surface area contributed by atoms with Gasteiger partial charge in [-0.05, 0) is 110 Å². The van der Waals surface area contributed by atoms with Gasteiger partial charge in [-0.25, -0.2) is 4.98 Å². The summed E-state index contributed by atoms with van der Waals surface area (Å²) >= 11 is 0. The van der Waals surface area contributed by atoms with Crippen LogP contribution in [0.3, 0.4) is 0 Å². The zero-order valence-electron chi connectivity index (χ0n) is 32.0. The van der Waals surface area contributed by atoms with Gasteiger partial charge in [-0.2, -0.15) is 0 Å². The van der Waals surface area contributed by atoms with Crippen LogP contribution in [0.25, 0.3) is 115 Å². The predicted octanol–water partition coefficient (Wildman–Crippen LogP) is 14.9. The molecule has 0 N–H and O–H groups in total. The summed E-state index contributed by atoms with van der Waals surface area (Å²) < 4.78 is 2.37. The Morgan fingerprint density at radius 3 is 1.47 bits per heavy atom. The smallest absolute Gasteiger partial charge is 0.0979 e. The van der Waals surface area contributed by atoms with E-state index in [1.807, 2.05) is 6.20 Å². The molecule has 0 radical (unpaired) electrons. The third-order valence-electron chi connectivity index (χ3n) is 12.0. The molecule has 0 aliphatic carbocycles. The first-order valence-electron chi connectivity index (χ1n) is 20.1. The summed E-state index contributed by atoms with van der Waals surface area (Å²) in [5.41, 5.74) is 14.5. The van der Waals surface area contributed by atoms with E-state index in [4.69, 9.17) is 9.97 Å². The van der Waals surface area contributed by atoms with Crippen molar-refractivity contribution in [2.75, 3.05) is 0 Å². The molecule has 0 aliphatic heterocycles. The van der Waals surface area contributed by atoms with E-state index in [-0.39, 0.29) is 0 Å². The van der Waals surface area contributed by atoms with E-state index >= 15 is 0 Å². The molecule has 12 rings (SSSR count). The summed E-state index contributed by atoms with van der Waals surface area (Å²) in [6, 6.07) is 74.4. The monoisotopic (exact) mass is 749 g/mol. The number of hydrogen-bond donors (Lipinski definition) is 0. The number of benzene rings is 10. The van der Waals surface area contributed by atoms with Gasteiger partial charge in [0.1, 0.15) is 0 Å². The second kappa shape index (κ2) is 13.4. The minimum Gasteiger partial charge on any atom is -0.309 e. The van der Waals surface area contributed by atoms with Crippen LogP contribution in [0.5, 0.6) is 0 Å². The summed E-state index contributed by atoms with van der Waals surface area (Å²) in [7, 11) is 0. The molecule has 10 aromatic carbocycles. The lowest BCUT2D eigenvalue weighted by Gasteiger charge is -2.11. The minimum atomic E-state index is 0.867. The van der Waals surface area contributed by atoms with Gasteiger partial charge in [-0.15, -0.1) is 0 Å². The Morgan fingerprint density at radius 1 is 0.305 bits per heavy atom. The molecule has 0 bridgehead atoms. The molecular formula is C56H35N3. The van der Waals surface area contributed by atoms with Crippen LogP contribution in [0.4, 0.5) is 0 Å². The Balaban J connectivity index is 0.870. The summed E-state index contributed by atoms with van der Waals surface area (Å²) in [6.07, 6.45) is 1.92. The predicted molar refractivity (Wildman–Crippen MR) is 248 cm³/mol. The van der Waals surface area contributed by atoms with Gasteiger partial charge in [0.25, 0.3) is 0 Å². The summed E-state index contributed by atoms with van der Waals surface area (Å²) in [5.74, 6) is 0. The normalized spacial score (nSPS) is 11.7. The molecule has 0 saturated heterocycles. The Bertz CT molecular complexity index is 3580. The highest BCUT2D eigenvalue weighted by Crippen LogP contribution is 2.38. The van der Waals surface area contributed by atoms with Crippen LogP contribution in [0, 0.1) is 0 Å². The van der Waals surface area contributed by atoms with Crippen LogP contribution >= 0.6 is 0 Å². The lowest BCUT2D eigenvalue weighted by Crippen LogP contribution is -1.92. The van der Waals surface area contributed by atoms with Gasteiger partial charge >= 0.3 is 0 Å². The first-order valence-corrected chi connectivity index (χ1v) is 20.1. The molecule has 0 spiro atoms. The molecule has 12 aromatic rings. The fourth-order valence-corrected chi connectivity index (χ4v) is 9.11. The number of fused-ring (bicyclic) bond motifs is 10. The molecule has 0 amide bonds. The molecule has 3 nitrogen and oxygen atoms in total. The van der Waals surface area contributed by atoms with Crippen molar-refractivity contribution in [1.29, 1.82) is 0 Å². The number of nitrogens with zero attached hydrogens (tertiary/aromatic N) is 3. The molecule has 2 heterocycles. The Morgan fingerprint density at radius 2 is 0.797 bits per heavy atom. The number of rotatable bonds is 5. The summed E-state index contributed by atoms with van der Waals surface area (Å²) in [4.78, 5) is 10.3. The van der Waals surface area contributed by atoms with Crippen LogP contribution in [-0.2, 0) is 0 Å². The fourth-order valence-electron chi connectivity index (χ4n) is 9.11. The molecule has 0 saturated carbocycles. The Kier molecular flexibility index (Phi) is 7.54. The maximum atomic E-state index is 5.25. The highest BCUT2D eigenvalue weighted by molar-refractivity contribution is 6.23. The average Bonchev–Trinajstić information content (AvgIpc) is 3.65. The van der Waals surface area contributed by atoms with Crippen molar-refractivity contribution < 1.29 is 0 Å². The highest BCUT2D eigenvalue weighted by Gasteiger charge is 2.15. The first-order chi connectivity index (χ1) is 29.2. The molecule has 0 aliphatic rings. The van der Waals surface area contributed by atoms with Gasteiger partial charge in [0.2, 0.25) is 0 Å². The number of hydrogen-bond acceptors (Lipinski definition) is 2. The SMILES string of the molecule is c1ccc(-n2c3ccccc3c3cc(-c4cccc(-c5ccc6cc(-c7cccc(-c8cnc9c%10ccccc%10c%10ccccc%10c9n8)c7)ccc6c5)c4)ccc32)cc1. The molecule has 0 unspecified atom stereocenters. The largest absolute Gasteiger partial charge is 0.309 e. The lowest BCUT2D eigenvalue weighted by molar-refractivity contribution is 1.18. The van der Waals surface area contributed by atoms with Crippen molar-refractivity contribution in [2.24, 2.45) is 0 Å². The topological polar surface area (TPSA) is 30.7 Å². The van der Waals surface area contributed by atoms with E-state index in [9.17, 15) is 0 Å². The third kappa shape index (κ3) is 5.51. The van der Waals surface area contributed by atoms with E-state index in [0.717, 1.165) is 38.6 Å². The first kappa shape index (κ1) is 33.3. The molecule has 0 atom stereocenters. The van der Waals surface area contributed by atoms with Gasteiger partial charge in [0.15, 0.2) is 0 Å². The fraction of sp³-hybridized carbons (Fsp3) is 0. The quantitative estimate of drug-likeness (QED) is 0.164. The van der Waals surface area contributed by atoms with Crippen LogP contribution in [0.1, 0.15) is 0 Å². The maximum Gasteiger partial charge on any atom is 0.0979 e. The highest BCUT2D eigenvalue weighted by atomic mass is 15.0. The second-order valence-corrected chi connectivity index (χ2v) is 15.4. The lowest BCUT2D eigenvalue weighted by atomic mass is 9.95. The zero-order valence-corrected chi connectivity index (χ0v) is 32.0.